The van der Waals surface area contributed by atoms with Crippen LogP contribution in [0.3, 0.4) is 0 Å². The Bertz CT molecular complexity index is 666. The highest BCUT2D eigenvalue weighted by Gasteiger charge is 2.17. The molecule has 0 spiro atoms. The summed E-state index contributed by atoms with van der Waals surface area (Å²) in [6.45, 7) is 0. The van der Waals surface area contributed by atoms with Crippen molar-refractivity contribution in [2.45, 2.75) is 10.6 Å². The molecule has 2 rings (SSSR count). The molecule has 0 N–H and O–H groups in total. The van der Waals surface area contributed by atoms with E-state index in [-0.39, 0.29) is 10.6 Å². The molecule has 3 nitrogen and oxygen atoms in total. The SMILES string of the molecule is COc1ccc(Cl)cc1CS(=O)(=O)c1ccccc1. The van der Waals surface area contributed by atoms with E-state index in [1.165, 1.54) is 7.11 Å². The number of rotatable bonds is 4. The first-order valence-corrected chi connectivity index (χ1v) is 7.66. The van der Waals surface area contributed by atoms with Gasteiger partial charge < -0.3 is 4.74 Å². The van der Waals surface area contributed by atoms with Crippen molar-refractivity contribution in [3.8, 4) is 5.75 Å². The summed E-state index contributed by atoms with van der Waals surface area (Å²) in [4.78, 5) is 0.289. The number of hydrogen-bond donors (Lipinski definition) is 0. The molecular weight excluding hydrogens is 284 g/mol. The minimum absolute atomic E-state index is 0.138. The molecular formula is C14H13ClO3S. The average Bonchev–Trinajstić information content (AvgIpc) is 2.39. The lowest BCUT2D eigenvalue weighted by atomic mass is 10.2. The summed E-state index contributed by atoms with van der Waals surface area (Å²) in [5, 5.41) is 0.485. The second kappa shape index (κ2) is 5.63. The molecule has 2 aromatic carbocycles. The van der Waals surface area contributed by atoms with E-state index in [2.05, 4.69) is 0 Å². The van der Waals surface area contributed by atoms with Gasteiger partial charge in [0.05, 0.1) is 17.8 Å². The number of methoxy groups -OCH3 is 1. The summed E-state index contributed by atoms with van der Waals surface area (Å²) in [5.74, 6) is 0.379. The maximum absolute atomic E-state index is 12.3. The molecule has 0 amide bonds. The first-order valence-electron chi connectivity index (χ1n) is 5.63. The topological polar surface area (TPSA) is 43.4 Å². The zero-order valence-corrected chi connectivity index (χ0v) is 11.9. The Labute approximate surface area is 117 Å². The highest BCUT2D eigenvalue weighted by Crippen LogP contribution is 2.26. The highest BCUT2D eigenvalue weighted by molar-refractivity contribution is 7.90. The largest absolute Gasteiger partial charge is 0.496 e. The van der Waals surface area contributed by atoms with E-state index < -0.39 is 9.84 Å². The zero-order chi connectivity index (χ0) is 13.9. The fraction of sp³-hybridized carbons (Fsp3) is 0.143. The monoisotopic (exact) mass is 296 g/mol. The molecule has 0 saturated heterocycles. The first-order chi connectivity index (χ1) is 9.03. The highest BCUT2D eigenvalue weighted by atomic mass is 35.5. The van der Waals surface area contributed by atoms with Crippen LogP contribution in [0, 0.1) is 0 Å². The minimum Gasteiger partial charge on any atom is -0.496 e. The average molecular weight is 297 g/mol. The van der Waals surface area contributed by atoms with Crippen molar-refractivity contribution in [3.63, 3.8) is 0 Å². The number of halogens is 1. The standard InChI is InChI=1S/C14H13ClO3S/c1-18-14-8-7-12(15)9-11(14)10-19(16,17)13-5-3-2-4-6-13/h2-9H,10H2,1H3. The lowest BCUT2D eigenvalue weighted by Crippen LogP contribution is -2.06. The minimum atomic E-state index is -3.40. The Kier molecular flexibility index (Phi) is 4.12. The van der Waals surface area contributed by atoms with Crippen LogP contribution in [-0.2, 0) is 15.6 Å². The molecule has 0 atom stereocenters. The van der Waals surface area contributed by atoms with Crippen molar-refractivity contribution in [2.75, 3.05) is 7.11 Å². The van der Waals surface area contributed by atoms with Crippen molar-refractivity contribution < 1.29 is 13.2 Å². The number of benzene rings is 2. The van der Waals surface area contributed by atoms with E-state index in [1.54, 1.807) is 48.5 Å². The van der Waals surface area contributed by atoms with Crippen LogP contribution in [0.2, 0.25) is 5.02 Å². The third kappa shape index (κ3) is 3.28. The zero-order valence-electron chi connectivity index (χ0n) is 10.3. The van der Waals surface area contributed by atoms with Gasteiger partial charge in [-0.2, -0.15) is 0 Å². The van der Waals surface area contributed by atoms with Crippen LogP contribution in [0.15, 0.2) is 53.4 Å². The van der Waals surface area contributed by atoms with Crippen LogP contribution in [0.4, 0.5) is 0 Å². The molecule has 0 aromatic heterocycles. The molecule has 19 heavy (non-hydrogen) atoms. The Morgan fingerprint density at radius 1 is 1.11 bits per heavy atom. The number of sulfone groups is 1. The van der Waals surface area contributed by atoms with Gasteiger partial charge in [0.25, 0.3) is 0 Å². The molecule has 5 heteroatoms. The molecule has 0 bridgehead atoms. The first kappa shape index (κ1) is 13.9. The van der Waals surface area contributed by atoms with Gasteiger partial charge in [0.15, 0.2) is 9.84 Å². The summed E-state index contributed by atoms with van der Waals surface area (Å²) >= 11 is 5.90. The van der Waals surface area contributed by atoms with Crippen LogP contribution >= 0.6 is 11.6 Å². The fourth-order valence-electron chi connectivity index (χ4n) is 1.78. The number of ether oxygens (including phenoxy) is 1. The summed E-state index contributed by atoms with van der Waals surface area (Å²) in [6, 6.07) is 13.3. The normalized spacial score (nSPS) is 11.3. The Morgan fingerprint density at radius 3 is 2.42 bits per heavy atom. The molecule has 0 aliphatic rings. The van der Waals surface area contributed by atoms with Crippen LogP contribution in [0.5, 0.6) is 5.75 Å². The maximum atomic E-state index is 12.3. The Balaban J connectivity index is 2.38. The van der Waals surface area contributed by atoms with Gasteiger partial charge in [0.1, 0.15) is 5.75 Å². The Morgan fingerprint density at radius 2 is 1.79 bits per heavy atom. The van der Waals surface area contributed by atoms with E-state index in [4.69, 9.17) is 16.3 Å². The van der Waals surface area contributed by atoms with Gasteiger partial charge in [-0.1, -0.05) is 29.8 Å². The second-order valence-electron chi connectivity index (χ2n) is 4.03. The summed E-state index contributed by atoms with van der Waals surface area (Å²) < 4.78 is 29.7. The predicted octanol–water partition coefficient (Wildman–Crippen LogP) is 3.32. The molecule has 0 saturated carbocycles. The molecule has 0 fully saturated rings. The molecule has 0 aliphatic heterocycles. The predicted molar refractivity (Wildman–Crippen MR) is 75.3 cm³/mol. The van der Waals surface area contributed by atoms with Gasteiger partial charge in [-0.3, -0.25) is 0 Å². The lowest BCUT2D eigenvalue weighted by Gasteiger charge is -2.09. The molecule has 0 radical (unpaired) electrons. The van der Waals surface area contributed by atoms with Crippen molar-refractivity contribution in [3.05, 3.63) is 59.1 Å². The van der Waals surface area contributed by atoms with E-state index in [0.29, 0.717) is 16.3 Å². The van der Waals surface area contributed by atoms with E-state index in [9.17, 15) is 8.42 Å². The van der Waals surface area contributed by atoms with Crippen molar-refractivity contribution in [2.24, 2.45) is 0 Å². The van der Waals surface area contributed by atoms with Gasteiger partial charge in [-0.15, -0.1) is 0 Å². The van der Waals surface area contributed by atoms with Gasteiger partial charge in [0, 0.05) is 10.6 Å². The molecule has 2 aromatic rings. The molecule has 100 valence electrons. The van der Waals surface area contributed by atoms with Gasteiger partial charge in [-0.25, -0.2) is 8.42 Å². The Hall–Kier alpha value is -1.52. The molecule has 0 heterocycles. The van der Waals surface area contributed by atoms with E-state index in [0.717, 1.165) is 0 Å². The van der Waals surface area contributed by atoms with Crippen LogP contribution in [0.1, 0.15) is 5.56 Å². The van der Waals surface area contributed by atoms with Gasteiger partial charge >= 0.3 is 0 Å². The van der Waals surface area contributed by atoms with E-state index >= 15 is 0 Å². The number of hydrogen-bond acceptors (Lipinski definition) is 3. The van der Waals surface area contributed by atoms with Crippen molar-refractivity contribution in [1.29, 1.82) is 0 Å². The van der Waals surface area contributed by atoms with Crippen molar-refractivity contribution >= 4 is 21.4 Å². The van der Waals surface area contributed by atoms with Crippen LogP contribution < -0.4 is 4.74 Å². The molecule has 0 aliphatic carbocycles. The van der Waals surface area contributed by atoms with E-state index in [1.807, 2.05) is 0 Å². The summed E-state index contributed by atoms with van der Waals surface area (Å²) in [7, 11) is -1.90. The lowest BCUT2D eigenvalue weighted by molar-refractivity contribution is 0.411. The third-order valence-electron chi connectivity index (χ3n) is 2.69. The van der Waals surface area contributed by atoms with Gasteiger partial charge in [0.2, 0.25) is 0 Å². The van der Waals surface area contributed by atoms with Crippen LogP contribution in [-0.4, -0.2) is 15.5 Å². The summed E-state index contributed by atoms with van der Waals surface area (Å²) in [6.07, 6.45) is 0. The van der Waals surface area contributed by atoms with Crippen molar-refractivity contribution in [1.82, 2.24) is 0 Å². The third-order valence-corrected chi connectivity index (χ3v) is 4.61. The second-order valence-corrected chi connectivity index (χ2v) is 6.45. The fourth-order valence-corrected chi connectivity index (χ4v) is 3.34. The maximum Gasteiger partial charge on any atom is 0.182 e. The van der Waals surface area contributed by atoms with Gasteiger partial charge in [-0.05, 0) is 30.3 Å². The molecule has 0 unspecified atom stereocenters. The van der Waals surface area contributed by atoms with Crippen LogP contribution in [0.25, 0.3) is 0 Å². The summed E-state index contributed by atoms with van der Waals surface area (Å²) in [5.41, 5.74) is 0.554. The quantitative estimate of drug-likeness (QED) is 0.869. The smallest absolute Gasteiger partial charge is 0.182 e.